The van der Waals surface area contributed by atoms with Gasteiger partial charge in [0.05, 0.1) is 4.90 Å². The van der Waals surface area contributed by atoms with Crippen LogP contribution in [0.2, 0.25) is 0 Å². The highest BCUT2D eigenvalue weighted by Crippen LogP contribution is 2.18. The summed E-state index contributed by atoms with van der Waals surface area (Å²) in [7, 11) is -7.51. The minimum atomic E-state index is -3.76. The van der Waals surface area contributed by atoms with Gasteiger partial charge in [0, 0.05) is 51.5 Å². The second-order valence-electron chi connectivity index (χ2n) is 6.58. The second kappa shape index (κ2) is 9.16. The van der Waals surface area contributed by atoms with Crippen molar-refractivity contribution in [3.63, 3.8) is 0 Å². The highest BCUT2D eigenvalue weighted by atomic mass is 32.2. The van der Waals surface area contributed by atoms with E-state index in [1.807, 2.05) is 0 Å². The number of sulfonamides is 2. The fourth-order valence-corrected chi connectivity index (χ4v) is 5.39. The van der Waals surface area contributed by atoms with E-state index >= 15 is 0 Å². The zero-order valence-corrected chi connectivity index (χ0v) is 17.6. The van der Waals surface area contributed by atoms with E-state index in [1.54, 1.807) is 0 Å². The molecule has 0 aliphatic carbocycles. The molecule has 1 N–H and O–H groups in total. The minimum Gasteiger partial charge on any atom is -0.340 e. The predicted octanol–water partition coefficient (Wildman–Crippen LogP) is 0.422. The van der Waals surface area contributed by atoms with Crippen molar-refractivity contribution in [2.75, 3.05) is 32.7 Å². The number of benzene rings is 1. The van der Waals surface area contributed by atoms with Crippen molar-refractivity contribution >= 4 is 26.0 Å². The summed E-state index contributed by atoms with van der Waals surface area (Å²) in [4.78, 5) is 17.6. The van der Waals surface area contributed by atoms with Crippen molar-refractivity contribution < 1.29 is 26.0 Å². The molecule has 0 bridgehead atoms. The van der Waals surface area contributed by atoms with E-state index in [2.05, 4.69) is 9.71 Å². The molecule has 162 valence electrons. The molecule has 3 rings (SSSR count). The van der Waals surface area contributed by atoms with Gasteiger partial charge >= 0.3 is 0 Å². The molecular weight excluding hydrogens is 435 g/mol. The van der Waals surface area contributed by atoms with Crippen LogP contribution >= 0.6 is 0 Å². The number of hydrogen-bond acceptors (Lipinski definition) is 6. The average molecular weight is 457 g/mol. The van der Waals surface area contributed by atoms with E-state index in [9.17, 15) is 26.0 Å². The van der Waals surface area contributed by atoms with Gasteiger partial charge in [-0.15, -0.1) is 0 Å². The Bertz CT molecular complexity index is 1090. The molecule has 30 heavy (non-hydrogen) atoms. The van der Waals surface area contributed by atoms with Gasteiger partial charge in [0.2, 0.25) is 26.0 Å². The molecule has 1 fully saturated rings. The molecule has 12 heteroatoms. The quantitative estimate of drug-likeness (QED) is 0.646. The van der Waals surface area contributed by atoms with Crippen LogP contribution in [-0.2, 0) is 24.8 Å². The Kier molecular flexibility index (Phi) is 6.81. The zero-order chi connectivity index (χ0) is 21.8. The van der Waals surface area contributed by atoms with Gasteiger partial charge in [-0.1, -0.05) is 0 Å². The van der Waals surface area contributed by atoms with E-state index in [-0.39, 0.29) is 54.8 Å². The second-order valence-corrected chi connectivity index (χ2v) is 10.3. The normalized spacial score (nSPS) is 15.8. The number of hydrogen-bond donors (Lipinski definition) is 1. The maximum absolute atomic E-state index is 13.0. The molecule has 0 saturated carbocycles. The number of nitrogens with zero attached hydrogens (tertiary/aromatic N) is 3. The highest BCUT2D eigenvalue weighted by Gasteiger charge is 2.30. The van der Waals surface area contributed by atoms with Gasteiger partial charge in [0.25, 0.3) is 0 Å². The first-order valence-corrected chi connectivity index (χ1v) is 12.1. The van der Waals surface area contributed by atoms with E-state index in [1.165, 1.54) is 45.9 Å². The summed E-state index contributed by atoms with van der Waals surface area (Å²) in [6.07, 6.45) is 2.62. The van der Waals surface area contributed by atoms with Gasteiger partial charge in [-0.05, 0) is 36.4 Å². The van der Waals surface area contributed by atoms with Gasteiger partial charge in [0.15, 0.2) is 0 Å². The number of carbonyl (C=O) groups excluding carboxylic acids is 1. The predicted molar refractivity (Wildman–Crippen MR) is 106 cm³/mol. The molecule has 2 heterocycles. The number of aromatic nitrogens is 1. The molecule has 1 aliphatic rings. The third kappa shape index (κ3) is 5.19. The molecule has 1 aromatic heterocycles. The SMILES string of the molecule is O=C(CCNS(=O)(=O)c1cccnc1)N1CCN(S(=O)(=O)c2ccc(F)cc2)CC1. The van der Waals surface area contributed by atoms with E-state index in [0.717, 1.165) is 12.1 Å². The minimum absolute atomic E-state index is 0.00603. The summed E-state index contributed by atoms with van der Waals surface area (Å²) < 4.78 is 66.1. The Morgan fingerprint density at radius 2 is 1.67 bits per heavy atom. The van der Waals surface area contributed by atoms with Gasteiger partial charge in [0.1, 0.15) is 10.7 Å². The van der Waals surface area contributed by atoms with Crippen LogP contribution in [0, 0.1) is 5.82 Å². The van der Waals surface area contributed by atoms with E-state index in [4.69, 9.17) is 0 Å². The number of nitrogens with one attached hydrogen (secondary N) is 1. The molecule has 9 nitrogen and oxygen atoms in total. The van der Waals surface area contributed by atoms with Crippen LogP contribution in [-0.4, -0.2) is 69.7 Å². The topological polar surface area (TPSA) is 117 Å². The Labute approximate surface area is 174 Å². The Morgan fingerprint density at radius 1 is 1.00 bits per heavy atom. The van der Waals surface area contributed by atoms with Crippen LogP contribution in [0.3, 0.4) is 0 Å². The van der Waals surface area contributed by atoms with Crippen molar-refractivity contribution in [2.45, 2.75) is 16.2 Å². The summed E-state index contributed by atoms with van der Waals surface area (Å²) in [5.74, 6) is -0.800. The van der Waals surface area contributed by atoms with Gasteiger partial charge in [-0.25, -0.2) is 25.9 Å². The fourth-order valence-electron chi connectivity index (χ4n) is 2.97. The van der Waals surface area contributed by atoms with Crippen LogP contribution < -0.4 is 4.72 Å². The first-order chi connectivity index (χ1) is 14.2. The van der Waals surface area contributed by atoms with Crippen LogP contribution in [0.1, 0.15) is 6.42 Å². The highest BCUT2D eigenvalue weighted by molar-refractivity contribution is 7.89. The number of carbonyl (C=O) groups is 1. The van der Waals surface area contributed by atoms with Crippen LogP contribution in [0.5, 0.6) is 0 Å². The number of halogens is 1. The third-order valence-corrected chi connectivity index (χ3v) is 7.98. The number of pyridine rings is 1. The Hall–Kier alpha value is -2.41. The van der Waals surface area contributed by atoms with E-state index in [0.29, 0.717) is 0 Å². The summed E-state index contributed by atoms with van der Waals surface area (Å²) in [6.45, 7) is 0.507. The summed E-state index contributed by atoms with van der Waals surface area (Å²) in [5, 5.41) is 0. The average Bonchev–Trinajstić information content (AvgIpc) is 2.74. The summed E-state index contributed by atoms with van der Waals surface area (Å²) in [5.41, 5.74) is 0. The Balaban J connectivity index is 1.50. The zero-order valence-electron chi connectivity index (χ0n) is 15.9. The number of amides is 1. The number of piperazine rings is 1. The van der Waals surface area contributed by atoms with Crippen molar-refractivity contribution in [3.05, 3.63) is 54.6 Å². The molecule has 2 aromatic rings. The lowest BCUT2D eigenvalue weighted by molar-refractivity contribution is -0.132. The van der Waals surface area contributed by atoms with Gasteiger partial charge in [-0.2, -0.15) is 4.31 Å². The van der Waals surface area contributed by atoms with Crippen molar-refractivity contribution in [2.24, 2.45) is 0 Å². The maximum Gasteiger partial charge on any atom is 0.243 e. The molecule has 1 amide bonds. The maximum atomic E-state index is 13.0. The molecule has 1 aliphatic heterocycles. The van der Waals surface area contributed by atoms with Crippen LogP contribution in [0.15, 0.2) is 58.6 Å². The lowest BCUT2D eigenvalue weighted by Crippen LogP contribution is -2.50. The van der Waals surface area contributed by atoms with Crippen molar-refractivity contribution in [1.29, 1.82) is 0 Å². The molecule has 0 radical (unpaired) electrons. The lowest BCUT2D eigenvalue weighted by atomic mass is 10.3. The first kappa shape index (κ1) is 22.3. The van der Waals surface area contributed by atoms with Crippen LogP contribution in [0.4, 0.5) is 4.39 Å². The largest absolute Gasteiger partial charge is 0.340 e. The van der Waals surface area contributed by atoms with Gasteiger partial charge in [-0.3, -0.25) is 9.78 Å². The molecular formula is C18H21FN4O5S2. The molecule has 0 atom stereocenters. The standard InChI is InChI=1S/C18H21FN4O5S2/c19-15-3-5-16(6-4-15)30(27,28)23-12-10-22(11-13-23)18(24)7-9-21-29(25,26)17-2-1-8-20-14-17/h1-6,8,14,21H,7,9-13H2. The summed E-state index contributed by atoms with van der Waals surface area (Å²) >= 11 is 0. The van der Waals surface area contributed by atoms with Gasteiger partial charge < -0.3 is 4.90 Å². The number of rotatable bonds is 7. The van der Waals surface area contributed by atoms with Crippen molar-refractivity contribution in [1.82, 2.24) is 18.9 Å². The Morgan fingerprint density at radius 3 is 2.27 bits per heavy atom. The molecule has 0 unspecified atom stereocenters. The molecule has 0 spiro atoms. The fraction of sp³-hybridized carbons (Fsp3) is 0.333. The smallest absolute Gasteiger partial charge is 0.243 e. The lowest BCUT2D eigenvalue weighted by Gasteiger charge is -2.34. The summed E-state index contributed by atoms with van der Waals surface area (Å²) in [6, 6.07) is 7.47. The van der Waals surface area contributed by atoms with Crippen LogP contribution in [0.25, 0.3) is 0 Å². The van der Waals surface area contributed by atoms with Crippen molar-refractivity contribution in [3.8, 4) is 0 Å². The third-order valence-electron chi connectivity index (χ3n) is 4.62. The monoisotopic (exact) mass is 456 g/mol. The van der Waals surface area contributed by atoms with E-state index < -0.39 is 25.9 Å². The molecule has 1 saturated heterocycles. The first-order valence-electron chi connectivity index (χ1n) is 9.13. The molecule has 1 aromatic carbocycles.